The summed E-state index contributed by atoms with van der Waals surface area (Å²) in [4.78, 5) is 23.0. The van der Waals surface area contributed by atoms with Crippen molar-refractivity contribution in [3.8, 4) is 0 Å². The monoisotopic (exact) mass is 328 g/mol. The standard InChI is InChI=1S/C12H13BrN2O4/c1-7-2-11(9(13)4-10(7)15(18)19)14-5-8(6-14)3-12(16)17/h2,4,8H,3,5-6H2,1H3,(H,16,17). The average molecular weight is 329 g/mol. The lowest BCUT2D eigenvalue weighted by Gasteiger charge is -2.41. The van der Waals surface area contributed by atoms with Crippen molar-refractivity contribution in [1.29, 1.82) is 0 Å². The molecule has 1 aromatic rings. The van der Waals surface area contributed by atoms with E-state index < -0.39 is 10.9 Å². The molecule has 0 atom stereocenters. The van der Waals surface area contributed by atoms with Crippen LogP contribution in [0, 0.1) is 23.0 Å². The first-order chi connectivity index (χ1) is 8.88. The number of carboxylic acids is 1. The minimum atomic E-state index is -0.788. The van der Waals surface area contributed by atoms with Crippen LogP contribution in [0.1, 0.15) is 12.0 Å². The van der Waals surface area contributed by atoms with Crippen LogP contribution in [-0.4, -0.2) is 29.1 Å². The lowest BCUT2D eigenvalue weighted by Crippen LogP contribution is -2.47. The molecule has 1 aromatic carbocycles. The zero-order chi connectivity index (χ0) is 14.2. The lowest BCUT2D eigenvalue weighted by molar-refractivity contribution is -0.385. The minimum Gasteiger partial charge on any atom is -0.481 e. The molecule has 0 saturated carbocycles. The Morgan fingerprint density at radius 3 is 2.74 bits per heavy atom. The van der Waals surface area contributed by atoms with Crippen molar-refractivity contribution in [2.75, 3.05) is 18.0 Å². The van der Waals surface area contributed by atoms with E-state index in [1.54, 1.807) is 13.0 Å². The third kappa shape index (κ3) is 2.86. The fraction of sp³-hybridized carbons (Fsp3) is 0.417. The molecule has 19 heavy (non-hydrogen) atoms. The Bertz CT molecular complexity index is 541. The van der Waals surface area contributed by atoms with Gasteiger partial charge in [0.15, 0.2) is 0 Å². The molecule has 1 aliphatic heterocycles. The Balaban J connectivity index is 2.13. The molecule has 0 aromatic heterocycles. The number of aryl methyl sites for hydroxylation is 1. The lowest BCUT2D eigenvalue weighted by atomic mass is 9.95. The molecule has 0 bridgehead atoms. The van der Waals surface area contributed by atoms with Crippen LogP contribution in [0.25, 0.3) is 0 Å². The van der Waals surface area contributed by atoms with Crippen LogP contribution in [-0.2, 0) is 4.79 Å². The van der Waals surface area contributed by atoms with E-state index in [0.717, 1.165) is 5.69 Å². The molecule has 1 N–H and O–H groups in total. The van der Waals surface area contributed by atoms with Crippen LogP contribution < -0.4 is 4.90 Å². The van der Waals surface area contributed by atoms with Gasteiger partial charge in [-0.15, -0.1) is 0 Å². The van der Waals surface area contributed by atoms with Crippen molar-refractivity contribution in [3.05, 3.63) is 32.3 Å². The van der Waals surface area contributed by atoms with E-state index in [0.29, 0.717) is 23.1 Å². The van der Waals surface area contributed by atoms with Gasteiger partial charge >= 0.3 is 5.97 Å². The zero-order valence-corrected chi connectivity index (χ0v) is 11.9. The molecule has 0 aliphatic carbocycles. The van der Waals surface area contributed by atoms with Crippen LogP contribution in [0.2, 0.25) is 0 Å². The summed E-state index contributed by atoms with van der Waals surface area (Å²) in [6, 6.07) is 3.26. The zero-order valence-electron chi connectivity index (χ0n) is 10.3. The van der Waals surface area contributed by atoms with Crippen LogP contribution in [0.5, 0.6) is 0 Å². The first kappa shape index (κ1) is 13.8. The van der Waals surface area contributed by atoms with Crippen LogP contribution in [0.4, 0.5) is 11.4 Å². The van der Waals surface area contributed by atoms with Crippen LogP contribution in [0.15, 0.2) is 16.6 Å². The molecule has 0 unspecified atom stereocenters. The number of halogens is 1. The summed E-state index contributed by atoms with van der Waals surface area (Å²) < 4.78 is 0.665. The van der Waals surface area contributed by atoms with E-state index in [1.165, 1.54) is 6.07 Å². The fourth-order valence-corrected chi connectivity index (χ4v) is 2.82. The Morgan fingerprint density at radius 1 is 1.58 bits per heavy atom. The third-order valence-electron chi connectivity index (χ3n) is 3.22. The first-order valence-corrected chi connectivity index (χ1v) is 6.59. The smallest absolute Gasteiger partial charge is 0.303 e. The average Bonchev–Trinajstić information content (AvgIpc) is 2.25. The molecule has 1 aliphatic rings. The van der Waals surface area contributed by atoms with Gasteiger partial charge in [0.2, 0.25) is 0 Å². The van der Waals surface area contributed by atoms with Gasteiger partial charge in [-0.3, -0.25) is 14.9 Å². The molecule has 1 heterocycles. The van der Waals surface area contributed by atoms with E-state index in [9.17, 15) is 14.9 Å². The highest BCUT2D eigenvalue weighted by Gasteiger charge is 2.30. The molecular formula is C12H13BrN2O4. The number of rotatable bonds is 4. The van der Waals surface area contributed by atoms with Gasteiger partial charge in [-0.1, -0.05) is 0 Å². The van der Waals surface area contributed by atoms with E-state index in [-0.39, 0.29) is 18.0 Å². The van der Waals surface area contributed by atoms with E-state index in [4.69, 9.17) is 5.11 Å². The molecule has 2 rings (SSSR count). The molecule has 0 spiro atoms. The summed E-state index contributed by atoms with van der Waals surface area (Å²) >= 11 is 3.33. The molecule has 7 heteroatoms. The number of hydrogen-bond acceptors (Lipinski definition) is 4. The Kier molecular flexibility index (Phi) is 3.75. The van der Waals surface area contributed by atoms with E-state index in [2.05, 4.69) is 15.9 Å². The topological polar surface area (TPSA) is 83.7 Å². The van der Waals surface area contributed by atoms with Crippen molar-refractivity contribution in [2.45, 2.75) is 13.3 Å². The van der Waals surface area contributed by atoms with Gasteiger partial charge in [-0.05, 0) is 28.9 Å². The maximum Gasteiger partial charge on any atom is 0.303 e. The van der Waals surface area contributed by atoms with Crippen molar-refractivity contribution < 1.29 is 14.8 Å². The van der Waals surface area contributed by atoms with Gasteiger partial charge in [0.1, 0.15) is 0 Å². The van der Waals surface area contributed by atoms with Gasteiger partial charge in [0, 0.05) is 35.1 Å². The van der Waals surface area contributed by atoms with Gasteiger partial charge in [0.25, 0.3) is 5.69 Å². The number of carboxylic acid groups (broad SMARTS) is 1. The Labute approximate surface area is 118 Å². The quantitative estimate of drug-likeness (QED) is 0.678. The highest BCUT2D eigenvalue weighted by atomic mass is 79.9. The molecule has 1 saturated heterocycles. The van der Waals surface area contributed by atoms with Gasteiger partial charge in [-0.25, -0.2) is 0 Å². The van der Waals surface area contributed by atoms with Crippen molar-refractivity contribution in [1.82, 2.24) is 0 Å². The number of nitro benzene ring substituents is 1. The third-order valence-corrected chi connectivity index (χ3v) is 3.86. The summed E-state index contributed by atoms with van der Waals surface area (Å²) in [7, 11) is 0. The summed E-state index contributed by atoms with van der Waals surface area (Å²) in [5, 5.41) is 19.5. The van der Waals surface area contributed by atoms with E-state index in [1.807, 2.05) is 4.90 Å². The Morgan fingerprint density at radius 2 is 2.21 bits per heavy atom. The SMILES string of the molecule is Cc1cc(N2CC(CC(=O)O)C2)c(Br)cc1[N+](=O)[O-]. The number of nitrogens with zero attached hydrogens (tertiary/aromatic N) is 2. The number of nitro groups is 1. The number of hydrogen-bond donors (Lipinski definition) is 1. The van der Waals surface area contributed by atoms with Crippen LogP contribution in [0.3, 0.4) is 0 Å². The summed E-state index contributed by atoms with van der Waals surface area (Å²) in [5.74, 6) is -0.636. The Hall–Kier alpha value is -1.63. The van der Waals surface area contributed by atoms with Gasteiger partial charge < -0.3 is 10.0 Å². The largest absolute Gasteiger partial charge is 0.481 e. The summed E-state index contributed by atoms with van der Waals surface area (Å²) in [6.45, 7) is 3.03. The second-order valence-corrected chi connectivity index (χ2v) is 5.57. The first-order valence-electron chi connectivity index (χ1n) is 5.79. The maximum atomic E-state index is 10.8. The number of anilines is 1. The van der Waals surface area contributed by atoms with Crippen LogP contribution >= 0.6 is 15.9 Å². The molecule has 102 valence electrons. The number of carbonyl (C=O) groups is 1. The summed E-state index contributed by atoms with van der Waals surface area (Å²) in [5.41, 5.74) is 1.56. The van der Waals surface area contributed by atoms with Crippen molar-refractivity contribution >= 4 is 33.3 Å². The fourth-order valence-electron chi connectivity index (χ4n) is 2.24. The molecular weight excluding hydrogens is 316 g/mol. The molecule has 1 fully saturated rings. The van der Waals surface area contributed by atoms with E-state index >= 15 is 0 Å². The predicted octanol–water partition coefficient (Wildman–Crippen LogP) is 2.58. The van der Waals surface area contributed by atoms with Crippen molar-refractivity contribution in [2.24, 2.45) is 5.92 Å². The maximum absolute atomic E-state index is 10.8. The van der Waals surface area contributed by atoms with Crippen molar-refractivity contribution in [3.63, 3.8) is 0 Å². The predicted molar refractivity (Wildman–Crippen MR) is 73.5 cm³/mol. The van der Waals surface area contributed by atoms with Gasteiger partial charge in [0.05, 0.1) is 17.0 Å². The highest BCUT2D eigenvalue weighted by Crippen LogP contribution is 2.36. The minimum absolute atomic E-state index is 0.0817. The number of benzene rings is 1. The number of aliphatic carboxylic acids is 1. The van der Waals surface area contributed by atoms with Gasteiger partial charge in [-0.2, -0.15) is 0 Å². The molecule has 6 nitrogen and oxygen atoms in total. The molecule has 0 radical (unpaired) electrons. The molecule has 0 amide bonds. The highest BCUT2D eigenvalue weighted by molar-refractivity contribution is 9.10. The second-order valence-electron chi connectivity index (χ2n) is 4.72. The summed E-state index contributed by atoms with van der Waals surface area (Å²) in [6.07, 6.45) is 0.167. The normalized spacial score (nSPS) is 15.2. The second kappa shape index (κ2) is 5.16.